The fourth-order valence-corrected chi connectivity index (χ4v) is 3.11. The van der Waals surface area contributed by atoms with Gasteiger partial charge in [-0.1, -0.05) is 26.0 Å². The van der Waals surface area contributed by atoms with Crippen LogP contribution in [0.5, 0.6) is 11.5 Å². The molecule has 0 aliphatic rings. The third-order valence-electron chi connectivity index (χ3n) is 5.14. The highest BCUT2D eigenvalue weighted by Crippen LogP contribution is 2.29. The van der Waals surface area contributed by atoms with Crippen LogP contribution in [0.2, 0.25) is 0 Å². The summed E-state index contributed by atoms with van der Waals surface area (Å²) >= 11 is 0. The van der Waals surface area contributed by atoms with Crippen molar-refractivity contribution in [3.63, 3.8) is 0 Å². The number of amides is 1. The van der Waals surface area contributed by atoms with Crippen LogP contribution in [-0.4, -0.2) is 47.8 Å². The van der Waals surface area contributed by atoms with Crippen LogP contribution in [0.3, 0.4) is 0 Å². The number of anilines is 2. The van der Waals surface area contributed by atoms with Gasteiger partial charge in [0.05, 0.1) is 6.20 Å². The summed E-state index contributed by atoms with van der Waals surface area (Å²) in [5.41, 5.74) is 2.35. The second kappa shape index (κ2) is 10.8. The minimum Gasteiger partial charge on any atom is -0.453 e. The van der Waals surface area contributed by atoms with Crippen molar-refractivity contribution in [1.82, 2.24) is 20.0 Å². The number of benzene rings is 2. The van der Waals surface area contributed by atoms with Gasteiger partial charge in [-0.25, -0.2) is 4.68 Å². The Kier molecular flexibility index (Phi) is 7.84. The van der Waals surface area contributed by atoms with E-state index in [9.17, 15) is 9.59 Å². The molecule has 3 aromatic rings. The Morgan fingerprint density at radius 1 is 1.09 bits per heavy atom. The molecular weight excluding hydrogens is 418 g/mol. The van der Waals surface area contributed by atoms with E-state index in [1.165, 1.54) is 16.4 Å². The number of nitrogens with one attached hydrogen (secondary N) is 2. The number of hydrogen-bond acceptors (Lipinski definition) is 6. The number of carbonyl (C=O) groups is 1. The van der Waals surface area contributed by atoms with Crippen molar-refractivity contribution in [2.75, 3.05) is 32.5 Å². The topological polar surface area (TPSA) is 88.5 Å². The summed E-state index contributed by atoms with van der Waals surface area (Å²) in [5.74, 6) is 1.21. The number of hydrogen-bond donors (Lipinski definition) is 2. The Morgan fingerprint density at radius 3 is 2.36 bits per heavy atom. The molecule has 0 spiro atoms. The van der Waals surface area contributed by atoms with Gasteiger partial charge in [0.25, 0.3) is 11.5 Å². The Balaban J connectivity index is 1.77. The van der Waals surface area contributed by atoms with Gasteiger partial charge in [-0.3, -0.25) is 9.59 Å². The summed E-state index contributed by atoms with van der Waals surface area (Å²) in [5, 5.41) is 10.1. The van der Waals surface area contributed by atoms with Gasteiger partial charge in [-0.05, 0) is 62.0 Å². The zero-order valence-corrected chi connectivity index (χ0v) is 19.8. The van der Waals surface area contributed by atoms with Gasteiger partial charge in [0.1, 0.15) is 5.75 Å². The van der Waals surface area contributed by atoms with E-state index >= 15 is 0 Å². The third-order valence-corrected chi connectivity index (χ3v) is 5.14. The Bertz CT molecular complexity index is 1140. The van der Waals surface area contributed by atoms with Gasteiger partial charge >= 0.3 is 0 Å². The number of aryl methyl sites for hydroxylation is 1. The van der Waals surface area contributed by atoms with E-state index in [1.807, 2.05) is 43.3 Å². The van der Waals surface area contributed by atoms with Crippen molar-refractivity contribution in [2.24, 2.45) is 7.05 Å². The molecule has 2 aromatic carbocycles. The predicted molar refractivity (Wildman–Crippen MR) is 131 cm³/mol. The number of carbonyl (C=O) groups excluding carboxylic acids is 1. The van der Waals surface area contributed by atoms with Crippen molar-refractivity contribution in [3.8, 4) is 11.5 Å². The van der Waals surface area contributed by atoms with Crippen LogP contribution in [0.4, 0.5) is 11.4 Å². The number of aromatic nitrogens is 2. The Labute approximate surface area is 194 Å². The lowest BCUT2D eigenvalue weighted by atomic mass is 10.0. The van der Waals surface area contributed by atoms with E-state index in [-0.39, 0.29) is 17.2 Å². The summed E-state index contributed by atoms with van der Waals surface area (Å²) in [7, 11) is 5.49. The standard InChI is InChI=1S/C25H31N5O3/c1-17(2)18-8-12-21(13-9-18)33-22-16-27-30(5)25(32)23(22)28-20-10-6-19(7-11-20)24(31)26-14-15-29(3)4/h6-13,16-17,28H,14-15H2,1-5H3,(H,26,31). The Morgan fingerprint density at radius 2 is 1.76 bits per heavy atom. The van der Waals surface area contributed by atoms with Crippen molar-refractivity contribution in [1.29, 1.82) is 0 Å². The van der Waals surface area contributed by atoms with Gasteiger partial charge in [0, 0.05) is 31.4 Å². The normalized spacial score (nSPS) is 11.0. The molecule has 2 N–H and O–H groups in total. The Hall–Kier alpha value is -3.65. The molecular formula is C25H31N5O3. The second-order valence-electron chi connectivity index (χ2n) is 8.40. The first kappa shape index (κ1) is 24.0. The fourth-order valence-electron chi connectivity index (χ4n) is 3.11. The van der Waals surface area contributed by atoms with Crippen LogP contribution < -0.4 is 20.9 Å². The zero-order chi connectivity index (χ0) is 24.0. The summed E-state index contributed by atoms with van der Waals surface area (Å²) in [6, 6.07) is 14.7. The SMILES string of the molecule is CC(C)c1ccc(Oc2cnn(C)c(=O)c2Nc2ccc(C(=O)NCCN(C)C)cc2)cc1. The summed E-state index contributed by atoms with van der Waals surface area (Å²) in [6.07, 6.45) is 1.51. The van der Waals surface area contributed by atoms with Gasteiger partial charge in [0.2, 0.25) is 0 Å². The van der Waals surface area contributed by atoms with Crippen LogP contribution in [0.1, 0.15) is 35.7 Å². The molecule has 0 radical (unpaired) electrons. The highest BCUT2D eigenvalue weighted by Gasteiger charge is 2.14. The van der Waals surface area contributed by atoms with Gasteiger partial charge in [0.15, 0.2) is 11.4 Å². The second-order valence-corrected chi connectivity index (χ2v) is 8.40. The first-order valence-electron chi connectivity index (χ1n) is 10.9. The van der Waals surface area contributed by atoms with E-state index in [4.69, 9.17) is 4.74 Å². The number of rotatable bonds is 9. The molecule has 0 aliphatic heterocycles. The largest absolute Gasteiger partial charge is 0.453 e. The monoisotopic (exact) mass is 449 g/mol. The average molecular weight is 450 g/mol. The molecule has 0 bridgehead atoms. The lowest BCUT2D eigenvalue weighted by Crippen LogP contribution is -2.31. The first-order chi connectivity index (χ1) is 15.7. The van der Waals surface area contributed by atoms with Gasteiger partial charge in [-0.15, -0.1) is 0 Å². The van der Waals surface area contributed by atoms with Crippen molar-refractivity contribution >= 4 is 17.3 Å². The molecule has 8 heteroatoms. The molecule has 0 saturated heterocycles. The highest BCUT2D eigenvalue weighted by molar-refractivity contribution is 5.94. The molecule has 33 heavy (non-hydrogen) atoms. The summed E-state index contributed by atoms with van der Waals surface area (Å²) in [6.45, 7) is 5.58. The van der Waals surface area contributed by atoms with Crippen molar-refractivity contribution < 1.29 is 9.53 Å². The minimum absolute atomic E-state index is 0.142. The van der Waals surface area contributed by atoms with Crippen LogP contribution in [0.25, 0.3) is 0 Å². The molecule has 0 atom stereocenters. The molecule has 174 valence electrons. The van der Waals surface area contributed by atoms with Crippen molar-refractivity contribution in [3.05, 3.63) is 76.2 Å². The third kappa shape index (κ3) is 6.43. The fraction of sp³-hybridized carbons (Fsp3) is 0.320. The molecule has 0 saturated carbocycles. The molecule has 0 fully saturated rings. The zero-order valence-electron chi connectivity index (χ0n) is 19.8. The van der Waals surface area contributed by atoms with E-state index in [2.05, 4.69) is 29.6 Å². The van der Waals surface area contributed by atoms with Crippen LogP contribution in [-0.2, 0) is 7.05 Å². The number of nitrogens with zero attached hydrogens (tertiary/aromatic N) is 3. The predicted octanol–water partition coefficient (Wildman–Crippen LogP) is 3.73. The summed E-state index contributed by atoms with van der Waals surface area (Å²) < 4.78 is 7.21. The number of likely N-dealkylation sites (N-methyl/N-ethyl adjacent to an activating group) is 1. The van der Waals surface area contributed by atoms with Gasteiger partial charge < -0.3 is 20.3 Å². The summed E-state index contributed by atoms with van der Waals surface area (Å²) in [4.78, 5) is 27.1. The van der Waals surface area contributed by atoms with E-state index < -0.39 is 0 Å². The molecule has 3 rings (SSSR count). The average Bonchev–Trinajstić information content (AvgIpc) is 2.79. The van der Waals surface area contributed by atoms with Gasteiger partial charge in [-0.2, -0.15) is 5.10 Å². The maximum atomic E-state index is 12.8. The lowest BCUT2D eigenvalue weighted by molar-refractivity contribution is 0.0951. The van der Waals surface area contributed by atoms with E-state index in [0.717, 1.165) is 6.54 Å². The van der Waals surface area contributed by atoms with Crippen LogP contribution in [0.15, 0.2) is 59.5 Å². The lowest BCUT2D eigenvalue weighted by Gasteiger charge is -2.14. The highest BCUT2D eigenvalue weighted by atomic mass is 16.5. The minimum atomic E-state index is -0.322. The molecule has 1 aromatic heterocycles. The number of ether oxygens (including phenoxy) is 1. The molecule has 1 amide bonds. The first-order valence-corrected chi connectivity index (χ1v) is 10.9. The quantitative estimate of drug-likeness (QED) is 0.518. The molecule has 0 aliphatic carbocycles. The van der Waals surface area contributed by atoms with E-state index in [1.54, 1.807) is 31.3 Å². The van der Waals surface area contributed by atoms with Crippen molar-refractivity contribution in [2.45, 2.75) is 19.8 Å². The van der Waals surface area contributed by atoms with Crippen LogP contribution in [0, 0.1) is 0 Å². The maximum Gasteiger partial charge on any atom is 0.294 e. The molecule has 1 heterocycles. The van der Waals surface area contributed by atoms with Crippen LogP contribution >= 0.6 is 0 Å². The molecule has 0 unspecified atom stereocenters. The molecule has 8 nitrogen and oxygen atoms in total. The maximum absolute atomic E-state index is 12.8. The smallest absolute Gasteiger partial charge is 0.294 e. The van der Waals surface area contributed by atoms with E-state index in [0.29, 0.717) is 35.2 Å².